The molecule has 138 valence electrons. The van der Waals surface area contributed by atoms with Crippen LogP contribution < -0.4 is 0 Å². The number of amides is 1. The van der Waals surface area contributed by atoms with Crippen molar-refractivity contribution in [2.24, 2.45) is 13.0 Å². The lowest BCUT2D eigenvalue weighted by atomic mass is 9.79. The van der Waals surface area contributed by atoms with Crippen molar-refractivity contribution in [2.75, 3.05) is 26.7 Å². The third-order valence-corrected chi connectivity index (χ3v) is 7.12. The van der Waals surface area contributed by atoms with E-state index in [9.17, 15) is 4.79 Å². The van der Waals surface area contributed by atoms with Crippen molar-refractivity contribution in [2.45, 2.75) is 26.3 Å². The molecule has 2 aliphatic rings. The fourth-order valence-electron chi connectivity index (χ4n) is 4.68. The lowest BCUT2D eigenvalue weighted by Gasteiger charge is -2.40. The molecule has 0 bridgehead atoms. The molecule has 2 aromatic rings. The van der Waals surface area contributed by atoms with E-state index in [2.05, 4.69) is 77.6 Å². The van der Waals surface area contributed by atoms with Crippen molar-refractivity contribution in [1.29, 1.82) is 0 Å². The standard InChI is InChI=1S/C21H26BrN3O/c1-5-25(6-2)21(26)13-10-15-14-8-7-9-17-19(14)16(20(22)24(17)4)11-18(15)23(3)12-13/h7-10,13,18H,5-6,11-12H2,1-4H3/t13-,18?/m1/s1/i4-1. The summed E-state index contributed by atoms with van der Waals surface area (Å²) in [6.45, 7) is 6.44. The minimum atomic E-state index is -0.0601. The highest BCUT2D eigenvalue weighted by atomic mass is 79.9. The molecule has 1 aromatic heterocycles. The number of likely N-dealkylation sites (N-methyl/N-ethyl adjacent to an activating group) is 1. The van der Waals surface area contributed by atoms with Gasteiger partial charge in [-0.2, -0.15) is 0 Å². The molecule has 1 aromatic carbocycles. The predicted molar refractivity (Wildman–Crippen MR) is 110 cm³/mol. The maximum absolute atomic E-state index is 13.0. The number of aryl methyl sites for hydroxylation is 1. The highest BCUT2D eigenvalue weighted by molar-refractivity contribution is 9.10. The first-order valence-electron chi connectivity index (χ1n) is 9.44. The third kappa shape index (κ3) is 2.48. The lowest BCUT2D eigenvalue weighted by molar-refractivity contribution is -0.134. The predicted octanol–water partition coefficient (Wildman–Crippen LogP) is 3.68. The van der Waals surface area contributed by atoms with Crippen LogP contribution in [0.15, 0.2) is 28.9 Å². The second-order valence-electron chi connectivity index (χ2n) is 7.43. The smallest absolute Gasteiger partial charge is 0.230 e. The van der Waals surface area contributed by atoms with Crippen molar-refractivity contribution in [3.8, 4) is 0 Å². The summed E-state index contributed by atoms with van der Waals surface area (Å²) in [6.07, 6.45) is 3.24. The van der Waals surface area contributed by atoms with Crippen LogP contribution in [0.25, 0.3) is 16.5 Å². The van der Waals surface area contributed by atoms with E-state index < -0.39 is 0 Å². The quantitative estimate of drug-likeness (QED) is 0.765. The molecular formula is C21H26BrN3O. The van der Waals surface area contributed by atoms with Gasteiger partial charge in [0.25, 0.3) is 0 Å². The van der Waals surface area contributed by atoms with Gasteiger partial charge in [0.2, 0.25) is 5.91 Å². The summed E-state index contributed by atoms with van der Waals surface area (Å²) in [5.41, 5.74) is 5.25. The average molecular weight is 415 g/mol. The topological polar surface area (TPSA) is 28.5 Å². The number of aromatic nitrogens is 1. The number of hydrogen-bond donors (Lipinski definition) is 0. The van der Waals surface area contributed by atoms with Gasteiger partial charge in [0.15, 0.2) is 0 Å². The van der Waals surface area contributed by atoms with Gasteiger partial charge in [0.1, 0.15) is 0 Å². The minimum absolute atomic E-state index is 0.0601. The zero-order valence-corrected chi connectivity index (χ0v) is 17.5. The van der Waals surface area contributed by atoms with Crippen molar-refractivity contribution >= 4 is 38.3 Å². The highest BCUT2D eigenvalue weighted by Crippen LogP contribution is 2.44. The number of carbonyl (C=O) groups excluding carboxylic acids is 1. The molecule has 0 spiro atoms. The zero-order chi connectivity index (χ0) is 18.6. The Kier molecular flexibility index (Phi) is 4.48. The molecule has 1 amide bonds. The van der Waals surface area contributed by atoms with Gasteiger partial charge >= 0.3 is 0 Å². The number of fused-ring (bicyclic) bond motifs is 2. The summed E-state index contributed by atoms with van der Waals surface area (Å²) in [4.78, 5) is 17.3. The molecule has 2 atom stereocenters. The molecule has 0 fully saturated rings. The first-order chi connectivity index (χ1) is 12.5. The Morgan fingerprint density at radius 1 is 1.27 bits per heavy atom. The minimum Gasteiger partial charge on any atom is -0.343 e. The van der Waals surface area contributed by atoms with E-state index in [4.69, 9.17) is 0 Å². The number of halogens is 1. The second kappa shape index (κ2) is 6.54. The molecule has 0 radical (unpaired) electrons. The number of rotatable bonds is 3. The van der Waals surface area contributed by atoms with E-state index in [0.29, 0.717) is 6.04 Å². The Hall–Kier alpha value is -1.59. The van der Waals surface area contributed by atoms with Crippen LogP contribution in [0, 0.1) is 5.92 Å². The summed E-state index contributed by atoms with van der Waals surface area (Å²) in [5, 5.41) is 1.34. The van der Waals surface area contributed by atoms with Crippen molar-refractivity contribution in [3.63, 3.8) is 0 Å². The Balaban J connectivity index is 1.86. The summed E-state index contributed by atoms with van der Waals surface area (Å²) < 4.78 is 3.40. The summed E-state index contributed by atoms with van der Waals surface area (Å²) in [6, 6.07) is 6.87. The van der Waals surface area contributed by atoms with E-state index >= 15 is 0 Å². The summed E-state index contributed by atoms with van der Waals surface area (Å²) in [7, 11) is 4.27. The number of nitrogens with zero attached hydrogens (tertiary/aromatic N) is 3. The van der Waals surface area contributed by atoms with Gasteiger partial charge in [-0.25, -0.2) is 0 Å². The summed E-state index contributed by atoms with van der Waals surface area (Å²) in [5.74, 6) is 0.190. The zero-order valence-electron chi connectivity index (χ0n) is 15.9. The molecule has 4 rings (SSSR count). The number of hydrogen-bond acceptors (Lipinski definition) is 2. The van der Waals surface area contributed by atoms with Crippen molar-refractivity contribution < 1.29 is 4.79 Å². The van der Waals surface area contributed by atoms with Gasteiger partial charge in [0.05, 0.1) is 10.5 Å². The highest BCUT2D eigenvalue weighted by Gasteiger charge is 2.37. The fourth-order valence-corrected chi connectivity index (χ4v) is 5.23. The normalized spacial score (nSPS) is 22.3. The molecule has 0 saturated carbocycles. The van der Waals surface area contributed by atoms with Crippen molar-refractivity contribution in [1.82, 2.24) is 14.4 Å². The van der Waals surface area contributed by atoms with E-state index in [1.54, 1.807) is 0 Å². The largest absolute Gasteiger partial charge is 0.343 e. The van der Waals surface area contributed by atoms with Gasteiger partial charge in [-0.15, -0.1) is 0 Å². The van der Waals surface area contributed by atoms with Gasteiger partial charge in [-0.1, -0.05) is 18.2 Å². The summed E-state index contributed by atoms with van der Waals surface area (Å²) >= 11 is 3.80. The van der Waals surface area contributed by atoms with Crippen LogP contribution in [0.2, 0.25) is 0 Å². The van der Waals surface area contributed by atoms with Crippen LogP contribution >= 0.6 is 15.9 Å². The Morgan fingerprint density at radius 3 is 2.69 bits per heavy atom. The maximum atomic E-state index is 13.0. The Morgan fingerprint density at radius 2 is 2.00 bits per heavy atom. The fraction of sp³-hybridized carbons (Fsp3) is 0.476. The van der Waals surface area contributed by atoms with Gasteiger partial charge in [0, 0.05) is 43.6 Å². The molecule has 0 N–H and O–H groups in total. The monoisotopic (exact) mass is 414 g/mol. The van der Waals surface area contributed by atoms with E-state index in [1.165, 1.54) is 32.2 Å². The first-order valence-corrected chi connectivity index (χ1v) is 10.2. The molecule has 5 heteroatoms. The van der Waals surface area contributed by atoms with Gasteiger partial charge in [-0.05, 0) is 66.0 Å². The Bertz CT molecular complexity index is 910. The molecule has 26 heavy (non-hydrogen) atoms. The first kappa shape index (κ1) is 17.8. The number of benzene rings is 1. The van der Waals surface area contributed by atoms with E-state index in [-0.39, 0.29) is 11.8 Å². The SMILES string of the molecule is CCN(CC)C(=O)[C@@H]1C=C2c3cccc4c3c(c(Br)n4[11CH3])CC2N(C)C1. The third-order valence-electron chi connectivity index (χ3n) is 6.11. The average Bonchev–Trinajstić information content (AvgIpc) is 2.89. The lowest BCUT2D eigenvalue weighted by Crippen LogP contribution is -2.47. The number of carbonyl (C=O) groups is 1. The molecule has 1 aliphatic carbocycles. The van der Waals surface area contributed by atoms with E-state index in [1.807, 2.05) is 4.90 Å². The van der Waals surface area contributed by atoms with E-state index in [0.717, 1.165) is 26.1 Å². The molecule has 0 saturated heterocycles. The maximum Gasteiger partial charge on any atom is 0.230 e. The van der Waals surface area contributed by atoms with Crippen LogP contribution in [0.5, 0.6) is 0 Å². The van der Waals surface area contributed by atoms with Crippen LogP contribution in [-0.2, 0) is 18.3 Å². The van der Waals surface area contributed by atoms with Crippen LogP contribution in [0.1, 0.15) is 25.0 Å². The Labute approximate surface area is 163 Å². The van der Waals surface area contributed by atoms with Gasteiger partial charge < -0.3 is 9.47 Å². The molecular weight excluding hydrogens is 389 g/mol. The van der Waals surface area contributed by atoms with Crippen LogP contribution in [-0.4, -0.2) is 53.0 Å². The molecule has 4 nitrogen and oxygen atoms in total. The molecule has 1 unspecified atom stereocenters. The molecule has 1 aliphatic heterocycles. The van der Waals surface area contributed by atoms with Crippen LogP contribution in [0.3, 0.4) is 0 Å². The van der Waals surface area contributed by atoms with Crippen LogP contribution in [0.4, 0.5) is 0 Å². The van der Waals surface area contributed by atoms with Gasteiger partial charge in [-0.3, -0.25) is 9.69 Å². The second-order valence-corrected chi connectivity index (χ2v) is 8.18. The molecule has 2 heterocycles. The van der Waals surface area contributed by atoms with Crippen molar-refractivity contribution in [3.05, 3.63) is 40.0 Å².